The van der Waals surface area contributed by atoms with Crippen LogP contribution in [0.3, 0.4) is 0 Å². The van der Waals surface area contributed by atoms with Crippen LogP contribution in [-0.2, 0) is 11.3 Å². The van der Waals surface area contributed by atoms with Crippen molar-refractivity contribution >= 4 is 5.91 Å². The van der Waals surface area contributed by atoms with Crippen LogP contribution in [0.15, 0.2) is 12.4 Å². The van der Waals surface area contributed by atoms with E-state index >= 15 is 0 Å². The number of imidazole rings is 1. The van der Waals surface area contributed by atoms with Gasteiger partial charge in [0.1, 0.15) is 5.82 Å². The molecule has 19 heavy (non-hydrogen) atoms. The molecule has 0 unspecified atom stereocenters. The van der Waals surface area contributed by atoms with Crippen LogP contribution < -0.4 is 11.1 Å². The maximum atomic E-state index is 11.7. The van der Waals surface area contributed by atoms with Crippen molar-refractivity contribution in [1.82, 2.24) is 14.9 Å². The molecule has 5 nitrogen and oxygen atoms in total. The Morgan fingerprint density at radius 3 is 2.79 bits per heavy atom. The maximum Gasteiger partial charge on any atom is 0.236 e. The first-order valence-corrected chi connectivity index (χ1v) is 7.01. The SMILES string of the molecule is Cc1nccn1CCCCNC(=O)[C@@H](N)CC(C)C. The monoisotopic (exact) mass is 266 g/mol. The molecule has 0 aromatic carbocycles. The van der Waals surface area contributed by atoms with Gasteiger partial charge in [0.25, 0.3) is 0 Å². The number of hydrogen-bond acceptors (Lipinski definition) is 3. The molecule has 1 aromatic rings. The summed E-state index contributed by atoms with van der Waals surface area (Å²) < 4.78 is 2.12. The lowest BCUT2D eigenvalue weighted by Gasteiger charge is -2.14. The first-order valence-electron chi connectivity index (χ1n) is 7.01. The fourth-order valence-electron chi connectivity index (χ4n) is 2.00. The Hall–Kier alpha value is -1.36. The first-order chi connectivity index (χ1) is 9.00. The van der Waals surface area contributed by atoms with E-state index in [0.29, 0.717) is 12.5 Å². The zero-order valence-electron chi connectivity index (χ0n) is 12.2. The number of aryl methyl sites for hydroxylation is 2. The molecule has 1 amide bonds. The van der Waals surface area contributed by atoms with Crippen molar-refractivity contribution in [3.05, 3.63) is 18.2 Å². The predicted molar refractivity (Wildman–Crippen MR) is 76.6 cm³/mol. The highest BCUT2D eigenvalue weighted by Crippen LogP contribution is 2.03. The second-order valence-corrected chi connectivity index (χ2v) is 5.40. The maximum absolute atomic E-state index is 11.7. The van der Waals surface area contributed by atoms with Crippen LogP contribution in [0.2, 0.25) is 0 Å². The Bertz CT molecular complexity index is 387. The number of hydrogen-bond donors (Lipinski definition) is 2. The molecule has 1 atom stereocenters. The predicted octanol–water partition coefficient (Wildman–Crippen LogP) is 1.46. The lowest BCUT2D eigenvalue weighted by Crippen LogP contribution is -2.41. The third-order valence-electron chi connectivity index (χ3n) is 3.11. The van der Waals surface area contributed by atoms with Gasteiger partial charge in [-0.2, -0.15) is 0 Å². The molecule has 5 heteroatoms. The zero-order chi connectivity index (χ0) is 14.3. The van der Waals surface area contributed by atoms with Crippen molar-refractivity contribution in [2.75, 3.05) is 6.54 Å². The third kappa shape index (κ3) is 5.87. The second-order valence-electron chi connectivity index (χ2n) is 5.40. The number of rotatable bonds is 8. The van der Waals surface area contributed by atoms with E-state index in [1.807, 2.05) is 19.3 Å². The molecule has 1 heterocycles. The average molecular weight is 266 g/mol. The number of aromatic nitrogens is 2. The van der Waals surface area contributed by atoms with Crippen LogP contribution in [0.5, 0.6) is 0 Å². The molecule has 0 saturated heterocycles. The van der Waals surface area contributed by atoms with E-state index in [0.717, 1.165) is 31.6 Å². The quantitative estimate of drug-likeness (QED) is 0.700. The van der Waals surface area contributed by atoms with Crippen molar-refractivity contribution in [1.29, 1.82) is 0 Å². The number of nitrogens with two attached hydrogens (primary N) is 1. The van der Waals surface area contributed by atoms with E-state index in [1.165, 1.54) is 0 Å². The summed E-state index contributed by atoms with van der Waals surface area (Å²) in [5, 5.41) is 2.89. The third-order valence-corrected chi connectivity index (χ3v) is 3.11. The Morgan fingerprint density at radius 2 is 2.21 bits per heavy atom. The summed E-state index contributed by atoms with van der Waals surface area (Å²) in [4.78, 5) is 15.8. The lowest BCUT2D eigenvalue weighted by atomic mass is 10.0. The number of carbonyl (C=O) groups is 1. The largest absolute Gasteiger partial charge is 0.355 e. The van der Waals surface area contributed by atoms with Gasteiger partial charge < -0.3 is 15.6 Å². The van der Waals surface area contributed by atoms with Gasteiger partial charge in [-0.25, -0.2) is 4.98 Å². The molecule has 1 aromatic heterocycles. The summed E-state index contributed by atoms with van der Waals surface area (Å²) >= 11 is 0. The number of nitrogens with zero attached hydrogens (tertiary/aromatic N) is 2. The minimum absolute atomic E-state index is 0.0347. The van der Waals surface area contributed by atoms with Gasteiger partial charge in [0.15, 0.2) is 0 Å². The molecule has 0 radical (unpaired) electrons. The Kier molecular flexibility index (Phi) is 6.56. The van der Waals surface area contributed by atoms with E-state index in [2.05, 4.69) is 28.7 Å². The molecule has 0 aliphatic heterocycles. The molecule has 1 rings (SSSR count). The zero-order valence-corrected chi connectivity index (χ0v) is 12.2. The molecule has 0 aliphatic carbocycles. The van der Waals surface area contributed by atoms with Gasteiger partial charge in [-0.1, -0.05) is 13.8 Å². The molecule has 0 saturated carbocycles. The number of amides is 1. The molecule has 108 valence electrons. The molecule has 3 N–H and O–H groups in total. The van der Waals surface area contributed by atoms with Gasteiger partial charge in [-0.3, -0.25) is 4.79 Å². The van der Waals surface area contributed by atoms with Gasteiger partial charge in [-0.15, -0.1) is 0 Å². The second kappa shape index (κ2) is 7.94. The van der Waals surface area contributed by atoms with Crippen LogP contribution in [0.1, 0.15) is 38.9 Å². The van der Waals surface area contributed by atoms with Gasteiger partial charge >= 0.3 is 0 Å². The van der Waals surface area contributed by atoms with Crippen LogP contribution in [0.25, 0.3) is 0 Å². The molecular formula is C14H26N4O. The van der Waals surface area contributed by atoms with Gasteiger partial charge in [0.05, 0.1) is 6.04 Å². The van der Waals surface area contributed by atoms with Crippen LogP contribution >= 0.6 is 0 Å². The molecule has 0 spiro atoms. The number of carbonyl (C=O) groups excluding carboxylic acids is 1. The number of nitrogens with one attached hydrogen (secondary N) is 1. The highest BCUT2D eigenvalue weighted by Gasteiger charge is 2.13. The fourth-order valence-corrected chi connectivity index (χ4v) is 2.00. The van der Waals surface area contributed by atoms with Crippen LogP contribution in [0.4, 0.5) is 0 Å². The normalized spacial score (nSPS) is 12.7. The molecule has 0 bridgehead atoms. The molecular weight excluding hydrogens is 240 g/mol. The lowest BCUT2D eigenvalue weighted by molar-refractivity contribution is -0.122. The first kappa shape index (κ1) is 15.7. The van der Waals surface area contributed by atoms with Gasteiger partial charge in [0.2, 0.25) is 5.91 Å². The highest BCUT2D eigenvalue weighted by atomic mass is 16.2. The summed E-state index contributed by atoms with van der Waals surface area (Å²) in [6.45, 7) is 7.77. The smallest absolute Gasteiger partial charge is 0.236 e. The average Bonchev–Trinajstić information content (AvgIpc) is 2.73. The molecule has 0 fully saturated rings. The minimum Gasteiger partial charge on any atom is -0.355 e. The topological polar surface area (TPSA) is 72.9 Å². The summed E-state index contributed by atoms with van der Waals surface area (Å²) in [6.07, 6.45) is 6.50. The fraction of sp³-hybridized carbons (Fsp3) is 0.714. The minimum atomic E-state index is -0.379. The van der Waals surface area contributed by atoms with E-state index in [9.17, 15) is 4.79 Å². The summed E-state index contributed by atoms with van der Waals surface area (Å²) in [7, 11) is 0. The highest BCUT2D eigenvalue weighted by molar-refractivity contribution is 5.81. The number of unbranched alkanes of at least 4 members (excludes halogenated alkanes) is 1. The Labute approximate surface area is 115 Å². The summed E-state index contributed by atoms with van der Waals surface area (Å²) in [6, 6.07) is -0.379. The van der Waals surface area contributed by atoms with Crippen molar-refractivity contribution in [3.8, 4) is 0 Å². The summed E-state index contributed by atoms with van der Waals surface area (Å²) in [5.74, 6) is 1.44. The van der Waals surface area contributed by atoms with Crippen molar-refractivity contribution in [3.63, 3.8) is 0 Å². The van der Waals surface area contributed by atoms with Crippen LogP contribution in [0, 0.1) is 12.8 Å². The van der Waals surface area contributed by atoms with E-state index in [4.69, 9.17) is 5.73 Å². The standard InChI is InChI=1S/C14H26N4O/c1-11(2)10-13(15)14(19)17-6-4-5-8-18-9-7-16-12(18)3/h7,9,11,13H,4-6,8,10,15H2,1-3H3,(H,17,19)/t13-/m0/s1. The van der Waals surface area contributed by atoms with Crippen molar-refractivity contribution in [2.45, 2.75) is 52.6 Å². The van der Waals surface area contributed by atoms with Gasteiger partial charge in [-0.05, 0) is 32.1 Å². The summed E-state index contributed by atoms with van der Waals surface area (Å²) in [5.41, 5.74) is 5.81. The van der Waals surface area contributed by atoms with Crippen LogP contribution in [-0.4, -0.2) is 28.0 Å². The Balaban J connectivity index is 2.10. The Morgan fingerprint density at radius 1 is 1.47 bits per heavy atom. The molecule has 0 aliphatic rings. The van der Waals surface area contributed by atoms with E-state index < -0.39 is 0 Å². The van der Waals surface area contributed by atoms with Gasteiger partial charge in [0, 0.05) is 25.5 Å². The van der Waals surface area contributed by atoms with E-state index in [1.54, 1.807) is 0 Å². The van der Waals surface area contributed by atoms with E-state index in [-0.39, 0.29) is 11.9 Å². The van der Waals surface area contributed by atoms with Crippen molar-refractivity contribution in [2.24, 2.45) is 11.7 Å². The van der Waals surface area contributed by atoms with Crippen molar-refractivity contribution < 1.29 is 4.79 Å².